The van der Waals surface area contributed by atoms with Crippen LogP contribution in [0.15, 0.2) is 29.9 Å². The standard InChI is InChI=1S/C20H23N3O5S/c1-2-27-20(26)14-5-8-23(9-6-14)17(24)12-28-18(25)10-16-13-29-19(22-16)15-4-3-7-21-11-15/h3-4,7,11,13-14H,2,5-6,8-10,12H2,1H3. The van der Waals surface area contributed by atoms with Crippen molar-refractivity contribution in [2.75, 3.05) is 26.3 Å². The van der Waals surface area contributed by atoms with Crippen molar-refractivity contribution in [3.8, 4) is 10.6 Å². The predicted octanol–water partition coefficient (Wildman–Crippen LogP) is 2.09. The molecule has 0 aromatic carbocycles. The van der Waals surface area contributed by atoms with Crippen LogP contribution in [-0.2, 0) is 30.3 Å². The molecule has 0 aliphatic carbocycles. The molecule has 8 nitrogen and oxygen atoms in total. The van der Waals surface area contributed by atoms with Gasteiger partial charge in [-0.1, -0.05) is 0 Å². The summed E-state index contributed by atoms with van der Waals surface area (Å²) in [6, 6.07) is 3.73. The number of carbonyl (C=O) groups excluding carboxylic acids is 3. The van der Waals surface area contributed by atoms with E-state index >= 15 is 0 Å². The molecular formula is C20H23N3O5S. The van der Waals surface area contributed by atoms with Gasteiger partial charge in [-0.05, 0) is 31.9 Å². The van der Waals surface area contributed by atoms with Gasteiger partial charge < -0.3 is 14.4 Å². The highest BCUT2D eigenvalue weighted by Crippen LogP contribution is 2.23. The van der Waals surface area contributed by atoms with Gasteiger partial charge in [0, 0.05) is 36.4 Å². The zero-order valence-electron chi connectivity index (χ0n) is 16.2. The van der Waals surface area contributed by atoms with Crippen molar-refractivity contribution >= 4 is 29.2 Å². The minimum absolute atomic E-state index is 0.00890. The van der Waals surface area contributed by atoms with Gasteiger partial charge in [-0.3, -0.25) is 19.4 Å². The van der Waals surface area contributed by atoms with E-state index in [0.29, 0.717) is 38.2 Å². The summed E-state index contributed by atoms with van der Waals surface area (Å²) in [6.45, 7) is 2.75. The molecule has 0 unspecified atom stereocenters. The molecule has 0 saturated carbocycles. The molecule has 2 aromatic rings. The zero-order valence-corrected chi connectivity index (χ0v) is 17.0. The van der Waals surface area contributed by atoms with E-state index in [-0.39, 0.29) is 30.8 Å². The highest BCUT2D eigenvalue weighted by atomic mass is 32.1. The number of aromatic nitrogens is 2. The second-order valence-corrected chi connectivity index (χ2v) is 7.49. The number of hydrogen-bond acceptors (Lipinski definition) is 8. The summed E-state index contributed by atoms with van der Waals surface area (Å²) in [5.74, 6) is -1.13. The Balaban J connectivity index is 1.41. The molecule has 0 N–H and O–H groups in total. The number of likely N-dealkylation sites (tertiary alicyclic amines) is 1. The van der Waals surface area contributed by atoms with E-state index in [4.69, 9.17) is 9.47 Å². The van der Waals surface area contributed by atoms with E-state index in [1.807, 2.05) is 12.1 Å². The Morgan fingerprint density at radius 2 is 2.03 bits per heavy atom. The Morgan fingerprint density at radius 3 is 2.72 bits per heavy atom. The Bertz CT molecular complexity index is 847. The first-order valence-corrected chi connectivity index (χ1v) is 10.4. The molecule has 29 heavy (non-hydrogen) atoms. The van der Waals surface area contributed by atoms with Gasteiger partial charge in [-0.2, -0.15) is 0 Å². The average molecular weight is 417 g/mol. The van der Waals surface area contributed by atoms with Crippen LogP contribution >= 0.6 is 11.3 Å². The molecule has 3 heterocycles. The van der Waals surface area contributed by atoms with E-state index in [0.717, 1.165) is 10.6 Å². The van der Waals surface area contributed by atoms with Gasteiger partial charge >= 0.3 is 11.9 Å². The highest BCUT2D eigenvalue weighted by molar-refractivity contribution is 7.13. The molecule has 0 atom stereocenters. The molecule has 1 aliphatic heterocycles. The van der Waals surface area contributed by atoms with Crippen LogP contribution in [0.3, 0.4) is 0 Å². The summed E-state index contributed by atoms with van der Waals surface area (Å²) in [5.41, 5.74) is 1.49. The number of carbonyl (C=O) groups is 3. The molecule has 154 valence electrons. The van der Waals surface area contributed by atoms with E-state index in [9.17, 15) is 14.4 Å². The highest BCUT2D eigenvalue weighted by Gasteiger charge is 2.28. The lowest BCUT2D eigenvalue weighted by molar-refractivity contribution is -0.154. The second kappa shape index (κ2) is 10.1. The van der Waals surface area contributed by atoms with Gasteiger partial charge in [-0.25, -0.2) is 4.98 Å². The molecule has 0 bridgehead atoms. The molecule has 3 rings (SSSR count). The third kappa shape index (κ3) is 5.83. The monoisotopic (exact) mass is 417 g/mol. The minimum atomic E-state index is -0.497. The molecule has 2 aromatic heterocycles. The smallest absolute Gasteiger partial charge is 0.312 e. The Kier molecular flexibility index (Phi) is 7.29. The number of esters is 2. The lowest BCUT2D eigenvalue weighted by atomic mass is 9.97. The van der Waals surface area contributed by atoms with E-state index < -0.39 is 5.97 Å². The molecule has 1 saturated heterocycles. The van der Waals surface area contributed by atoms with Crippen LogP contribution in [0.4, 0.5) is 0 Å². The number of rotatable bonds is 7. The van der Waals surface area contributed by atoms with Crippen molar-refractivity contribution < 1.29 is 23.9 Å². The number of ether oxygens (including phenoxy) is 2. The molecule has 0 radical (unpaired) electrons. The normalized spacial score (nSPS) is 14.4. The minimum Gasteiger partial charge on any atom is -0.466 e. The molecule has 9 heteroatoms. The first-order chi connectivity index (χ1) is 14.1. The van der Waals surface area contributed by atoms with Crippen molar-refractivity contribution in [1.82, 2.24) is 14.9 Å². The summed E-state index contributed by atoms with van der Waals surface area (Å²) in [4.78, 5) is 46.2. The fraction of sp³-hybridized carbons (Fsp3) is 0.450. The van der Waals surface area contributed by atoms with Crippen LogP contribution in [0.5, 0.6) is 0 Å². The number of amides is 1. The van der Waals surface area contributed by atoms with Gasteiger partial charge in [-0.15, -0.1) is 11.3 Å². The number of nitrogens with zero attached hydrogens (tertiary/aromatic N) is 3. The van der Waals surface area contributed by atoms with E-state index in [2.05, 4.69) is 9.97 Å². The maximum atomic E-state index is 12.3. The van der Waals surface area contributed by atoms with E-state index in [1.54, 1.807) is 29.6 Å². The van der Waals surface area contributed by atoms with Gasteiger partial charge in [0.1, 0.15) is 5.01 Å². The van der Waals surface area contributed by atoms with Crippen LogP contribution in [-0.4, -0.2) is 59.0 Å². The third-order valence-electron chi connectivity index (χ3n) is 4.61. The van der Waals surface area contributed by atoms with Crippen molar-refractivity contribution in [2.24, 2.45) is 5.92 Å². The Morgan fingerprint density at radius 1 is 1.24 bits per heavy atom. The van der Waals surface area contributed by atoms with Crippen molar-refractivity contribution in [2.45, 2.75) is 26.2 Å². The molecule has 1 amide bonds. The first kappa shape index (κ1) is 20.9. The Labute approximate surface area is 172 Å². The first-order valence-electron chi connectivity index (χ1n) is 9.51. The fourth-order valence-corrected chi connectivity index (χ4v) is 3.88. The van der Waals surface area contributed by atoms with Crippen molar-refractivity contribution in [1.29, 1.82) is 0 Å². The van der Waals surface area contributed by atoms with Crippen LogP contribution in [0, 0.1) is 5.92 Å². The third-order valence-corrected chi connectivity index (χ3v) is 5.55. The molecule has 0 spiro atoms. The maximum Gasteiger partial charge on any atom is 0.312 e. The lowest BCUT2D eigenvalue weighted by Crippen LogP contribution is -2.42. The lowest BCUT2D eigenvalue weighted by Gasteiger charge is -2.30. The average Bonchev–Trinajstić information content (AvgIpc) is 3.21. The van der Waals surface area contributed by atoms with Gasteiger partial charge in [0.05, 0.1) is 24.6 Å². The largest absolute Gasteiger partial charge is 0.466 e. The number of pyridine rings is 1. The Hall–Kier alpha value is -2.81. The molecular weight excluding hydrogens is 394 g/mol. The summed E-state index contributed by atoms with van der Waals surface area (Å²) in [6.07, 6.45) is 4.54. The quantitative estimate of drug-likeness (QED) is 0.636. The van der Waals surface area contributed by atoms with Crippen LogP contribution in [0.25, 0.3) is 10.6 Å². The number of piperidine rings is 1. The SMILES string of the molecule is CCOC(=O)C1CCN(C(=O)COC(=O)Cc2csc(-c3cccnc3)n2)CC1. The molecule has 1 aliphatic rings. The topological polar surface area (TPSA) is 98.7 Å². The second-order valence-electron chi connectivity index (χ2n) is 6.63. The van der Waals surface area contributed by atoms with Crippen molar-refractivity contribution in [3.05, 3.63) is 35.6 Å². The van der Waals surface area contributed by atoms with Crippen LogP contribution in [0.2, 0.25) is 0 Å². The number of thiazole rings is 1. The summed E-state index contributed by atoms with van der Waals surface area (Å²) >= 11 is 1.43. The summed E-state index contributed by atoms with van der Waals surface area (Å²) < 4.78 is 10.1. The zero-order chi connectivity index (χ0) is 20.6. The maximum absolute atomic E-state index is 12.3. The van der Waals surface area contributed by atoms with Crippen LogP contribution < -0.4 is 0 Å². The summed E-state index contributed by atoms with van der Waals surface area (Å²) in [5, 5.41) is 2.58. The van der Waals surface area contributed by atoms with Gasteiger partial charge in [0.2, 0.25) is 0 Å². The van der Waals surface area contributed by atoms with E-state index in [1.165, 1.54) is 11.3 Å². The van der Waals surface area contributed by atoms with Crippen molar-refractivity contribution in [3.63, 3.8) is 0 Å². The number of hydrogen-bond donors (Lipinski definition) is 0. The van der Waals surface area contributed by atoms with Gasteiger partial charge in [0.15, 0.2) is 6.61 Å². The van der Waals surface area contributed by atoms with Crippen LogP contribution in [0.1, 0.15) is 25.5 Å². The fourth-order valence-electron chi connectivity index (χ4n) is 3.07. The summed E-state index contributed by atoms with van der Waals surface area (Å²) in [7, 11) is 0. The molecule has 1 fully saturated rings. The van der Waals surface area contributed by atoms with Gasteiger partial charge in [0.25, 0.3) is 5.91 Å². The predicted molar refractivity (Wildman–Crippen MR) is 106 cm³/mol.